The van der Waals surface area contributed by atoms with E-state index in [4.69, 9.17) is 18.6 Å². The Morgan fingerprint density at radius 3 is 2.47 bits per heavy atom. The highest BCUT2D eigenvalue weighted by atomic mass is 32.1. The largest absolute Gasteiger partial charge is 0.417 e. The van der Waals surface area contributed by atoms with Crippen molar-refractivity contribution in [2.45, 2.75) is 102 Å². The minimum absolute atomic E-state index is 0.0269. The molecular formula is C42H47F4N8O4S+. The van der Waals surface area contributed by atoms with E-state index in [2.05, 4.69) is 26.8 Å². The first-order valence-electron chi connectivity index (χ1n) is 19.7. The van der Waals surface area contributed by atoms with E-state index in [1.165, 1.54) is 24.3 Å². The molecular weight excluding hydrogens is 789 g/mol. The lowest BCUT2D eigenvalue weighted by molar-refractivity contribution is -0.468. The third-order valence-electron chi connectivity index (χ3n) is 11.7. The van der Waals surface area contributed by atoms with Crippen LogP contribution in [0.2, 0.25) is 0 Å². The molecule has 0 bridgehead atoms. The van der Waals surface area contributed by atoms with Crippen molar-refractivity contribution in [2.75, 3.05) is 41.7 Å². The second-order valence-electron chi connectivity index (χ2n) is 16.2. The van der Waals surface area contributed by atoms with Gasteiger partial charge in [0.15, 0.2) is 0 Å². The summed E-state index contributed by atoms with van der Waals surface area (Å²) in [6, 6.07) is 7.75. The molecule has 4 aliphatic rings. The highest BCUT2D eigenvalue weighted by Gasteiger charge is 2.57. The Morgan fingerprint density at radius 1 is 1.08 bits per heavy atom. The zero-order chi connectivity index (χ0) is 42.8. The Balaban J connectivity index is 0.992. The van der Waals surface area contributed by atoms with Crippen molar-refractivity contribution in [3.05, 3.63) is 53.3 Å². The van der Waals surface area contributed by atoms with Crippen LogP contribution < -0.4 is 20.9 Å². The van der Waals surface area contributed by atoms with E-state index in [0.717, 1.165) is 55.0 Å². The van der Waals surface area contributed by atoms with Crippen LogP contribution in [0.15, 0.2) is 36.4 Å². The molecule has 1 saturated carbocycles. The maximum absolute atomic E-state index is 14.7. The lowest BCUT2D eigenvalue weighted by Gasteiger charge is -2.43. The minimum atomic E-state index is -4.78. The number of nitriles is 1. The van der Waals surface area contributed by atoms with Crippen molar-refractivity contribution in [3.63, 3.8) is 0 Å². The number of alkyl halides is 3. The molecule has 4 fully saturated rings. The Kier molecular flexibility index (Phi) is 12.9. The Hall–Kier alpha value is -5.23. The van der Waals surface area contributed by atoms with Gasteiger partial charge in [-0.2, -0.15) is 18.4 Å². The summed E-state index contributed by atoms with van der Waals surface area (Å²) >= 11 is 5.73. The van der Waals surface area contributed by atoms with Crippen LogP contribution in [0, 0.1) is 35.4 Å². The molecule has 17 heteroatoms. The van der Waals surface area contributed by atoms with E-state index < -0.39 is 52.4 Å². The molecule has 1 unspecified atom stereocenters. The van der Waals surface area contributed by atoms with Gasteiger partial charge in [-0.3, -0.25) is 29.5 Å². The van der Waals surface area contributed by atoms with Gasteiger partial charge in [0.05, 0.1) is 41.2 Å². The van der Waals surface area contributed by atoms with E-state index >= 15 is 0 Å². The average molecular weight is 836 g/mol. The van der Waals surface area contributed by atoms with Crippen LogP contribution in [0.3, 0.4) is 0 Å². The van der Waals surface area contributed by atoms with Gasteiger partial charge in [-0.05, 0) is 102 Å². The van der Waals surface area contributed by atoms with E-state index in [1.54, 1.807) is 24.5 Å². The van der Waals surface area contributed by atoms with Gasteiger partial charge in [0, 0.05) is 56.3 Å². The molecule has 3 heterocycles. The maximum Gasteiger partial charge on any atom is 0.417 e. The number of benzene rings is 2. The number of imide groups is 1. The van der Waals surface area contributed by atoms with Crippen molar-refractivity contribution >= 4 is 63.7 Å². The summed E-state index contributed by atoms with van der Waals surface area (Å²) in [5, 5.41) is 17.3. The first-order valence-corrected chi connectivity index (χ1v) is 20.1. The molecule has 3 saturated heterocycles. The SMILES string of the molecule is C#C[C@@H]1CN(CCCC2CCC(=[N+]3C(=S)N(c4ccc(C#N)c(C(F)(F)F)c4)C(=O)C3(C)C)CC2)C[C@H](C)N1CC(=O)Nc1cc(NC2CCC(=O)NC2=O)ccc1F. The number of nitrogens with zero attached hydrogens (tertiary/aromatic N) is 5. The predicted octanol–water partition coefficient (Wildman–Crippen LogP) is 5.41. The Labute approximate surface area is 346 Å². The number of nitrogens with one attached hydrogen (secondary N) is 3. The van der Waals surface area contributed by atoms with E-state index in [0.29, 0.717) is 44.0 Å². The molecule has 59 heavy (non-hydrogen) atoms. The van der Waals surface area contributed by atoms with Gasteiger partial charge in [0.25, 0.3) is 0 Å². The van der Waals surface area contributed by atoms with E-state index in [9.17, 15) is 42.0 Å². The molecule has 312 valence electrons. The molecule has 0 aromatic heterocycles. The lowest BCUT2D eigenvalue weighted by atomic mass is 9.84. The van der Waals surface area contributed by atoms with Crippen molar-refractivity contribution in [1.82, 2.24) is 15.1 Å². The molecule has 3 aliphatic heterocycles. The van der Waals surface area contributed by atoms with E-state index in [1.807, 2.05) is 11.8 Å². The maximum atomic E-state index is 14.7. The normalized spacial score (nSPS) is 24.1. The number of piperidine rings is 1. The molecule has 2 aromatic carbocycles. The average Bonchev–Trinajstić information content (AvgIpc) is 3.36. The summed E-state index contributed by atoms with van der Waals surface area (Å²) in [7, 11) is 0. The number of hydrogen-bond donors (Lipinski definition) is 3. The van der Waals surface area contributed by atoms with E-state index in [-0.39, 0.29) is 47.4 Å². The molecule has 4 amide bonds. The molecule has 0 spiro atoms. The summed E-state index contributed by atoms with van der Waals surface area (Å²) in [5.41, 5.74) is -1.43. The van der Waals surface area contributed by atoms with Crippen LogP contribution in [0.1, 0.15) is 83.3 Å². The molecule has 0 radical (unpaired) electrons. The smallest absolute Gasteiger partial charge is 0.374 e. The fourth-order valence-corrected chi connectivity index (χ4v) is 9.13. The summed E-state index contributed by atoms with van der Waals surface area (Å²) in [6.07, 6.45) is 6.68. The van der Waals surface area contributed by atoms with Gasteiger partial charge in [-0.1, -0.05) is 5.92 Å². The molecule has 6 rings (SSSR count). The molecule has 12 nitrogen and oxygen atoms in total. The summed E-state index contributed by atoms with van der Waals surface area (Å²) < 4.78 is 57.8. The summed E-state index contributed by atoms with van der Waals surface area (Å²) in [4.78, 5) is 55.8. The van der Waals surface area contributed by atoms with Crippen molar-refractivity contribution in [1.29, 1.82) is 5.26 Å². The molecule has 2 aromatic rings. The van der Waals surface area contributed by atoms with Crippen LogP contribution in [-0.2, 0) is 25.4 Å². The van der Waals surface area contributed by atoms with Gasteiger partial charge in [-0.15, -0.1) is 11.3 Å². The van der Waals surface area contributed by atoms with Gasteiger partial charge >= 0.3 is 17.2 Å². The monoisotopic (exact) mass is 835 g/mol. The molecule has 3 N–H and O–H groups in total. The van der Waals surface area contributed by atoms with Gasteiger partial charge < -0.3 is 10.6 Å². The van der Waals surface area contributed by atoms with Gasteiger partial charge in [0.1, 0.15) is 17.5 Å². The third-order valence-corrected chi connectivity index (χ3v) is 12.1. The number of terminal acetylenes is 1. The van der Waals surface area contributed by atoms with Gasteiger partial charge in [-0.25, -0.2) is 13.8 Å². The number of carbonyl (C=O) groups is 4. The van der Waals surface area contributed by atoms with Gasteiger partial charge in [0.2, 0.25) is 23.3 Å². The standard InChI is InChI=1S/C42H46F4N8O4S/c1-5-29-23-51(22-25(2)52(29)24-37(56)49-35-19-28(11-15-33(35)43)48-34-16-17-36(55)50-38(34)57)18-6-7-26-8-12-30(13-9-26)54-40(59)53(39(58)41(54,3)4)31-14-10-27(21-47)32(20-31)42(44,45)46/h1,10-11,14-15,19-20,25-26,29,34,48H,6-9,12-13,16-18,22-24H2,2-4H3,(H-,49,50,55,56,57)/p+1/t25-,26?,29+,34?/m0/s1. The zero-order valence-electron chi connectivity index (χ0n) is 33.1. The van der Waals surface area contributed by atoms with Crippen molar-refractivity contribution < 1.29 is 41.3 Å². The predicted molar refractivity (Wildman–Crippen MR) is 217 cm³/mol. The molecule has 1 aliphatic carbocycles. The zero-order valence-corrected chi connectivity index (χ0v) is 33.9. The van der Waals surface area contributed by atoms with Crippen LogP contribution in [0.4, 0.5) is 34.6 Å². The number of hydrogen-bond acceptors (Lipinski definition) is 9. The van der Waals surface area contributed by atoms with Crippen LogP contribution in [0.5, 0.6) is 0 Å². The lowest BCUT2D eigenvalue weighted by Crippen LogP contribution is -2.58. The summed E-state index contributed by atoms with van der Waals surface area (Å²) in [5.74, 6) is 0.934. The number of thiocarbonyl (C=S) groups is 1. The second kappa shape index (κ2) is 17.6. The fraction of sp³-hybridized carbons (Fsp3) is 0.500. The van der Waals surface area contributed by atoms with Crippen LogP contribution >= 0.6 is 12.2 Å². The number of piperazine rings is 1. The quantitative estimate of drug-likeness (QED) is 0.0943. The highest BCUT2D eigenvalue weighted by molar-refractivity contribution is 7.80. The number of amides is 4. The first-order chi connectivity index (χ1) is 27.9. The Bertz CT molecular complexity index is 2150. The third kappa shape index (κ3) is 9.48. The first kappa shape index (κ1) is 43.4. The number of anilines is 3. The highest BCUT2D eigenvalue weighted by Crippen LogP contribution is 2.38. The topological polar surface area (TPSA) is 141 Å². The number of halogens is 4. The minimum Gasteiger partial charge on any atom is -0.374 e. The van der Waals surface area contributed by atoms with Crippen molar-refractivity contribution in [2.24, 2.45) is 5.92 Å². The Morgan fingerprint density at radius 2 is 1.81 bits per heavy atom. The molecule has 3 atom stereocenters. The summed E-state index contributed by atoms with van der Waals surface area (Å²) in [6.45, 7) is 7.45. The van der Waals surface area contributed by atoms with Crippen LogP contribution in [-0.4, -0.2) is 98.7 Å². The second-order valence-corrected chi connectivity index (χ2v) is 16.5. The van der Waals surface area contributed by atoms with Crippen molar-refractivity contribution in [3.8, 4) is 18.4 Å². The number of carbonyl (C=O) groups excluding carboxylic acids is 4. The fourth-order valence-electron chi connectivity index (χ4n) is 8.59. The number of rotatable bonds is 10. The van der Waals surface area contributed by atoms with Crippen LogP contribution in [0.25, 0.3) is 0 Å².